The molecule has 1 saturated heterocycles. The summed E-state index contributed by atoms with van der Waals surface area (Å²) in [6, 6.07) is 9.18. The Morgan fingerprint density at radius 3 is 2.86 bits per heavy atom. The number of aryl methyl sites for hydroxylation is 1. The highest BCUT2D eigenvalue weighted by Crippen LogP contribution is 2.25. The van der Waals surface area contributed by atoms with Gasteiger partial charge in [0.2, 0.25) is 0 Å². The number of nitrogens with zero attached hydrogens (tertiary/aromatic N) is 3. The van der Waals surface area contributed by atoms with Crippen LogP contribution in [-0.4, -0.2) is 33.8 Å². The molecule has 1 aliphatic heterocycles. The third kappa shape index (κ3) is 2.83. The first-order valence-corrected chi connectivity index (χ1v) is 8.11. The summed E-state index contributed by atoms with van der Waals surface area (Å²) in [5.74, 6) is 0.640. The molecule has 1 aromatic carbocycles. The van der Waals surface area contributed by atoms with Crippen molar-refractivity contribution >= 4 is 10.9 Å². The van der Waals surface area contributed by atoms with E-state index in [9.17, 15) is 0 Å². The lowest BCUT2D eigenvalue weighted by atomic mass is 9.93. The molecule has 4 nitrogen and oxygen atoms in total. The number of hydrogen-bond donors (Lipinski definition) is 1. The maximum absolute atomic E-state index is 5.87. The molecule has 1 aliphatic rings. The number of hydrogen-bond acceptors (Lipinski definition) is 3. The fraction of sp³-hybridized carbons (Fsp3) is 0.588. The van der Waals surface area contributed by atoms with Crippen LogP contribution in [0.3, 0.4) is 0 Å². The Hall–Kier alpha value is -1.39. The Bertz CT molecular complexity index is 604. The van der Waals surface area contributed by atoms with E-state index in [1.54, 1.807) is 0 Å². The van der Waals surface area contributed by atoms with Gasteiger partial charge in [-0.2, -0.15) is 5.10 Å². The first kappa shape index (κ1) is 14.5. The molecule has 21 heavy (non-hydrogen) atoms. The number of piperidine rings is 1. The third-order valence-corrected chi connectivity index (χ3v) is 4.83. The highest BCUT2D eigenvalue weighted by molar-refractivity contribution is 5.81. The van der Waals surface area contributed by atoms with E-state index in [2.05, 4.69) is 47.7 Å². The molecule has 0 aliphatic carbocycles. The highest BCUT2D eigenvalue weighted by atomic mass is 15.3. The third-order valence-electron chi connectivity index (χ3n) is 4.83. The van der Waals surface area contributed by atoms with E-state index in [1.165, 1.54) is 29.4 Å². The Morgan fingerprint density at radius 1 is 1.29 bits per heavy atom. The van der Waals surface area contributed by atoms with Crippen LogP contribution in [0.4, 0.5) is 0 Å². The second-order valence-corrected chi connectivity index (χ2v) is 6.24. The number of nitrogens with two attached hydrogens (primary N) is 1. The van der Waals surface area contributed by atoms with E-state index < -0.39 is 0 Å². The van der Waals surface area contributed by atoms with E-state index in [0.717, 1.165) is 26.2 Å². The van der Waals surface area contributed by atoms with Crippen molar-refractivity contribution in [3.05, 3.63) is 30.0 Å². The van der Waals surface area contributed by atoms with Crippen molar-refractivity contribution in [3.63, 3.8) is 0 Å². The summed E-state index contributed by atoms with van der Waals surface area (Å²) in [6.07, 6.45) is 2.51. The van der Waals surface area contributed by atoms with Crippen molar-refractivity contribution in [1.29, 1.82) is 0 Å². The van der Waals surface area contributed by atoms with Crippen LogP contribution in [0, 0.1) is 5.92 Å². The lowest BCUT2D eigenvalue weighted by Crippen LogP contribution is -2.43. The molecular weight excluding hydrogens is 260 g/mol. The molecule has 0 bridgehead atoms. The number of likely N-dealkylation sites (tertiary alicyclic amines) is 1. The summed E-state index contributed by atoms with van der Waals surface area (Å²) in [7, 11) is 0. The smallest absolute Gasteiger partial charge is 0.0843 e. The van der Waals surface area contributed by atoms with Gasteiger partial charge in [-0.1, -0.05) is 18.2 Å². The van der Waals surface area contributed by atoms with Gasteiger partial charge >= 0.3 is 0 Å². The predicted molar refractivity (Wildman–Crippen MR) is 87.1 cm³/mol. The maximum atomic E-state index is 5.87. The molecule has 1 fully saturated rings. The van der Waals surface area contributed by atoms with Gasteiger partial charge in [-0.15, -0.1) is 0 Å². The Labute approximate surface area is 126 Å². The second kappa shape index (κ2) is 6.16. The number of benzene rings is 1. The Kier molecular flexibility index (Phi) is 4.27. The molecule has 0 spiro atoms. The monoisotopic (exact) mass is 286 g/mol. The van der Waals surface area contributed by atoms with Crippen LogP contribution in [0.1, 0.15) is 32.4 Å². The zero-order chi connectivity index (χ0) is 14.8. The maximum Gasteiger partial charge on any atom is 0.0843 e. The molecule has 1 aromatic heterocycles. The van der Waals surface area contributed by atoms with Crippen molar-refractivity contribution in [2.24, 2.45) is 11.7 Å². The van der Waals surface area contributed by atoms with Crippen LogP contribution in [0.5, 0.6) is 0 Å². The molecule has 2 N–H and O–H groups in total. The van der Waals surface area contributed by atoms with Crippen LogP contribution in [0.25, 0.3) is 10.9 Å². The largest absolute Gasteiger partial charge is 0.330 e. The number of aromatic nitrogens is 2. The molecule has 2 aromatic rings. The van der Waals surface area contributed by atoms with E-state index in [0.29, 0.717) is 12.0 Å². The molecule has 0 saturated carbocycles. The minimum absolute atomic E-state index is 0.623. The number of fused-ring (bicyclic) bond motifs is 1. The summed E-state index contributed by atoms with van der Waals surface area (Å²) in [5, 5.41) is 6.12. The van der Waals surface area contributed by atoms with Crippen molar-refractivity contribution in [2.75, 3.05) is 13.1 Å². The molecule has 0 radical (unpaired) electrons. The SMILES string of the molecule is CCn1nc(CN2CC(CN)CCC2C)c2ccccc21. The highest BCUT2D eigenvalue weighted by Gasteiger charge is 2.25. The Balaban J connectivity index is 1.87. The van der Waals surface area contributed by atoms with Gasteiger partial charge in [0, 0.05) is 31.1 Å². The van der Waals surface area contributed by atoms with Crippen molar-refractivity contribution in [1.82, 2.24) is 14.7 Å². The van der Waals surface area contributed by atoms with E-state index in [-0.39, 0.29) is 0 Å². The van der Waals surface area contributed by atoms with Gasteiger partial charge in [-0.05, 0) is 45.2 Å². The van der Waals surface area contributed by atoms with Crippen molar-refractivity contribution in [2.45, 2.75) is 45.8 Å². The average molecular weight is 286 g/mol. The van der Waals surface area contributed by atoms with Gasteiger partial charge in [0.1, 0.15) is 0 Å². The van der Waals surface area contributed by atoms with Gasteiger partial charge in [-0.25, -0.2) is 0 Å². The average Bonchev–Trinajstić information content (AvgIpc) is 2.88. The number of rotatable bonds is 4. The van der Waals surface area contributed by atoms with Gasteiger partial charge in [0.05, 0.1) is 11.2 Å². The normalized spacial score (nSPS) is 23.8. The summed E-state index contributed by atoms with van der Waals surface area (Å²) in [4.78, 5) is 2.55. The summed E-state index contributed by atoms with van der Waals surface area (Å²) in [6.45, 7) is 8.23. The van der Waals surface area contributed by atoms with Crippen LogP contribution in [0.2, 0.25) is 0 Å². The summed E-state index contributed by atoms with van der Waals surface area (Å²) in [5.41, 5.74) is 8.33. The van der Waals surface area contributed by atoms with Crippen LogP contribution in [-0.2, 0) is 13.1 Å². The van der Waals surface area contributed by atoms with Gasteiger partial charge in [0.15, 0.2) is 0 Å². The van der Waals surface area contributed by atoms with E-state index in [1.807, 2.05) is 0 Å². The first-order chi connectivity index (χ1) is 10.2. The summed E-state index contributed by atoms with van der Waals surface area (Å²) < 4.78 is 2.11. The first-order valence-electron chi connectivity index (χ1n) is 8.11. The van der Waals surface area contributed by atoms with Crippen LogP contribution in [0.15, 0.2) is 24.3 Å². The van der Waals surface area contributed by atoms with Crippen LogP contribution < -0.4 is 5.73 Å². The molecule has 3 rings (SSSR count). The fourth-order valence-corrected chi connectivity index (χ4v) is 3.42. The molecule has 2 heterocycles. The molecule has 114 valence electrons. The summed E-state index contributed by atoms with van der Waals surface area (Å²) >= 11 is 0. The minimum Gasteiger partial charge on any atom is -0.330 e. The fourth-order valence-electron chi connectivity index (χ4n) is 3.42. The molecule has 4 heteroatoms. The second-order valence-electron chi connectivity index (χ2n) is 6.24. The zero-order valence-electron chi connectivity index (χ0n) is 13.1. The van der Waals surface area contributed by atoms with Crippen molar-refractivity contribution in [3.8, 4) is 0 Å². The lowest BCUT2D eigenvalue weighted by Gasteiger charge is -2.37. The van der Waals surface area contributed by atoms with Gasteiger partial charge < -0.3 is 5.73 Å². The Morgan fingerprint density at radius 2 is 2.10 bits per heavy atom. The van der Waals surface area contributed by atoms with E-state index >= 15 is 0 Å². The predicted octanol–water partition coefficient (Wildman–Crippen LogP) is 2.62. The molecular formula is C17H26N4. The lowest BCUT2D eigenvalue weighted by molar-refractivity contribution is 0.112. The van der Waals surface area contributed by atoms with Gasteiger partial charge in [0.25, 0.3) is 0 Å². The molecule has 0 amide bonds. The minimum atomic E-state index is 0.623. The van der Waals surface area contributed by atoms with Gasteiger partial charge in [-0.3, -0.25) is 9.58 Å². The topological polar surface area (TPSA) is 47.1 Å². The zero-order valence-corrected chi connectivity index (χ0v) is 13.1. The quantitative estimate of drug-likeness (QED) is 0.940. The molecule has 2 atom stereocenters. The standard InChI is InChI=1S/C17H26N4/c1-3-21-17-7-5-4-6-15(17)16(19-21)12-20-11-14(10-18)9-8-13(20)2/h4-7,13-14H,3,8-12,18H2,1-2H3. The van der Waals surface area contributed by atoms with E-state index in [4.69, 9.17) is 10.8 Å². The van der Waals surface area contributed by atoms with Crippen LogP contribution >= 0.6 is 0 Å². The molecule has 2 unspecified atom stereocenters. The number of para-hydroxylation sites is 1. The van der Waals surface area contributed by atoms with Crippen molar-refractivity contribution < 1.29 is 0 Å².